The Kier molecular flexibility index (Phi) is 6.02. The summed E-state index contributed by atoms with van der Waals surface area (Å²) in [5.74, 6) is 0.503. The van der Waals surface area contributed by atoms with Crippen molar-refractivity contribution in [3.05, 3.63) is 35.4 Å². The van der Waals surface area contributed by atoms with Gasteiger partial charge in [-0.05, 0) is 24.0 Å². The Labute approximate surface area is 126 Å². The predicted molar refractivity (Wildman–Crippen MR) is 86.0 cm³/mol. The van der Waals surface area contributed by atoms with Crippen LogP contribution in [-0.2, 0) is 13.1 Å². The number of rotatable bonds is 6. The monoisotopic (exact) mass is 290 g/mol. The van der Waals surface area contributed by atoms with E-state index in [-0.39, 0.29) is 6.10 Å². The van der Waals surface area contributed by atoms with Gasteiger partial charge in [-0.1, -0.05) is 31.2 Å². The fourth-order valence-electron chi connectivity index (χ4n) is 2.54. The molecule has 1 unspecified atom stereocenters. The number of aliphatic hydroxyl groups is 1. The Morgan fingerprint density at radius 1 is 1.43 bits per heavy atom. The summed E-state index contributed by atoms with van der Waals surface area (Å²) in [5.41, 5.74) is 8.29. The van der Waals surface area contributed by atoms with Crippen LogP contribution in [0.1, 0.15) is 30.9 Å². The highest BCUT2D eigenvalue weighted by Gasteiger charge is 2.20. The number of hydrogen-bond acceptors (Lipinski definition) is 3. The van der Waals surface area contributed by atoms with Crippen LogP contribution in [0.2, 0.25) is 0 Å². The summed E-state index contributed by atoms with van der Waals surface area (Å²) in [6.07, 6.45) is 1.72. The summed E-state index contributed by atoms with van der Waals surface area (Å²) in [7, 11) is 0. The van der Waals surface area contributed by atoms with Crippen LogP contribution >= 0.6 is 0 Å². The normalized spacial score (nSPS) is 19.9. The van der Waals surface area contributed by atoms with Gasteiger partial charge in [0.25, 0.3) is 0 Å². The molecular formula is C16H26N4O. The van der Waals surface area contributed by atoms with E-state index in [4.69, 9.17) is 5.73 Å². The molecule has 0 aromatic heterocycles. The van der Waals surface area contributed by atoms with Gasteiger partial charge in [-0.15, -0.1) is 0 Å². The van der Waals surface area contributed by atoms with E-state index in [0.717, 1.165) is 39.0 Å². The molecule has 116 valence electrons. The molecule has 1 aromatic carbocycles. The van der Waals surface area contributed by atoms with E-state index >= 15 is 0 Å². The van der Waals surface area contributed by atoms with E-state index in [2.05, 4.69) is 34.3 Å². The molecule has 0 radical (unpaired) electrons. The summed E-state index contributed by atoms with van der Waals surface area (Å²) in [6, 6.07) is 8.31. The van der Waals surface area contributed by atoms with Gasteiger partial charge in [0.2, 0.25) is 0 Å². The number of guanidine groups is 1. The third kappa shape index (κ3) is 5.02. The molecule has 4 N–H and O–H groups in total. The highest BCUT2D eigenvalue weighted by atomic mass is 16.3. The van der Waals surface area contributed by atoms with E-state index in [1.807, 2.05) is 12.1 Å². The largest absolute Gasteiger partial charge is 0.392 e. The lowest BCUT2D eigenvalue weighted by molar-refractivity contribution is 0.174. The van der Waals surface area contributed by atoms with Crippen molar-refractivity contribution in [3.8, 4) is 0 Å². The number of benzene rings is 1. The second-order valence-electron chi connectivity index (χ2n) is 5.57. The molecule has 2 rings (SSSR count). The van der Waals surface area contributed by atoms with Crippen molar-refractivity contribution in [3.63, 3.8) is 0 Å². The third-order valence-electron chi connectivity index (χ3n) is 3.74. The molecular weight excluding hydrogens is 264 g/mol. The maximum absolute atomic E-state index is 9.62. The average Bonchev–Trinajstić information content (AvgIpc) is 2.89. The molecule has 5 nitrogen and oxygen atoms in total. The van der Waals surface area contributed by atoms with Gasteiger partial charge in [-0.2, -0.15) is 0 Å². The number of likely N-dealkylation sites (tertiary alicyclic amines) is 1. The maximum Gasteiger partial charge on any atom is 0.188 e. The van der Waals surface area contributed by atoms with Gasteiger partial charge in [-0.25, -0.2) is 4.99 Å². The Hall–Kier alpha value is -1.59. The molecule has 5 heteroatoms. The zero-order chi connectivity index (χ0) is 15.1. The van der Waals surface area contributed by atoms with Crippen molar-refractivity contribution in [2.24, 2.45) is 10.7 Å². The van der Waals surface area contributed by atoms with E-state index < -0.39 is 0 Å². The van der Waals surface area contributed by atoms with Gasteiger partial charge in [0.15, 0.2) is 5.96 Å². The summed E-state index contributed by atoms with van der Waals surface area (Å²) < 4.78 is 0. The van der Waals surface area contributed by atoms with Crippen LogP contribution < -0.4 is 11.1 Å². The lowest BCUT2D eigenvalue weighted by atomic mass is 10.1. The number of nitrogens with two attached hydrogens (primary N) is 1. The lowest BCUT2D eigenvalue weighted by Gasteiger charge is -2.17. The summed E-state index contributed by atoms with van der Waals surface area (Å²) in [5, 5.41) is 12.7. The molecule has 1 atom stereocenters. The Morgan fingerprint density at radius 2 is 2.19 bits per heavy atom. The summed E-state index contributed by atoms with van der Waals surface area (Å²) in [4.78, 5) is 6.68. The van der Waals surface area contributed by atoms with Gasteiger partial charge < -0.3 is 16.2 Å². The van der Waals surface area contributed by atoms with Gasteiger partial charge in [0.1, 0.15) is 0 Å². The average molecular weight is 290 g/mol. The van der Waals surface area contributed by atoms with E-state index in [1.54, 1.807) is 0 Å². The van der Waals surface area contributed by atoms with Crippen molar-refractivity contribution >= 4 is 5.96 Å². The molecule has 1 aliphatic rings. The number of nitrogens with one attached hydrogen (secondary N) is 1. The van der Waals surface area contributed by atoms with Crippen LogP contribution in [0.4, 0.5) is 0 Å². The van der Waals surface area contributed by atoms with Gasteiger partial charge in [0, 0.05) is 26.2 Å². The molecule has 0 saturated carbocycles. The fraction of sp³-hybridized carbons (Fsp3) is 0.562. The molecule has 1 aromatic rings. The van der Waals surface area contributed by atoms with Crippen LogP contribution in [-0.4, -0.2) is 41.7 Å². The first kappa shape index (κ1) is 15.8. The van der Waals surface area contributed by atoms with Crippen molar-refractivity contribution in [1.29, 1.82) is 0 Å². The fourth-order valence-corrected chi connectivity index (χ4v) is 2.54. The molecule has 0 spiro atoms. The number of aliphatic imine (C=N–C) groups is 1. The highest BCUT2D eigenvalue weighted by molar-refractivity contribution is 5.77. The SMILES string of the molecule is CCCNC(N)=NCc1ccccc1CN1CCC(O)C1. The van der Waals surface area contributed by atoms with E-state index in [1.165, 1.54) is 11.1 Å². The van der Waals surface area contributed by atoms with E-state index in [9.17, 15) is 5.11 Å². The highest BCUT2D eigenvalue weighted by Crippen LogP contribution is 2.17. The van der Waals surface area contributed by atoms with Crippen LogP contribution in [0.15, 0.2) is 29.3 Å². The quantitative estimate of drug-likeness (QED) is 0.541. The van der Waals surface area contributed by atoms with Gasteiger partial charge in [-0.3, -0.25) is 4.90 Å². The summed E-state index contributed by atoms with van der Waals surface area (Å²) >= 11 is 0. The molecule has 1 heterocycles. The minimum atomic E-state index is -0.177. The van der Waals surface area contributed by atoms with Crippen molar-refractivity contribution in [2.45, 2.75) is 39.0 Å². The number of β-amino-alcohol motifs (C(OH)–C–C–N with tert-alkyl or cyclic N) is 1. The van der Waals surface area contributed by atoms with Crippen molar-refractivity contribution in [1.82, 2.24) is 10.2 Å². The van der Waals surface area contributed by atoms with Crippen LogP contribution in [0.5, 0.6) is 0 Å². The molecule has 1 fully saturated rings. The smallest absolute Gasteiger partial charge is 0.188 e. The molecule has 1 saturated heterocycles. The zero-order valence-electron chi connectivity index (χ0n) is 12.8. The Bertz CT molecular complexity index is 475. The standard InChI is InChI=1S/C16H26N4O/c1-2-8-18-16(17)19-10-13-5-3-4-6-14(13)11-20-9-7-15(21)12-20/h3-6,15,21H,2,7-12H2,1H3,(H3,17,18,19). The third-order valence-corrected chi connectivity index (χ3v) is 3.74. The second kappa shape index (κ2) is 8.00. The van der Waals surface area contributed by atoms with Crippen molar-refractivity contribution in [2.75, 3.05) is 19.6 Å². The Balaban J connectivity index is 1.96. The molecule has 0 bridgehead atoms. The zero-order valence-corrected chi connectivity index (χ0v) is 12.8. The molecule has 21 heavy (non-hydrogen) atoms. The van der Waals surface area contributed by atoms with Gasteiger partial charge in [0.05, 0.1) is 12.6 Å². The van der Waals surface area contributed by atoms with Crippen LogP contribution in [0, 0.1) is 0 Å². The van der Waals surface area contributed by atoms with Crippen molar-refractivity contribution < 1.29 is 5.11 Å². The molecule has 0 amide bonds. The van der Waals surface area contributed by atoms with Crippen LogP contribution in [0.25, 0.3) is 0 Å². The Morgan fingerprint density at radius 3 is 2.86 bits per heavy atom. The lowest BCUT2D eigenvalue weighted by Crippen LogP contribution is -2.32. The number of aliphatic hydroxyl groups excluding tert-OH is 1. The first-order chi connectivity index (χ1) is 10.2. The minimum Gasteiger partial charge on any atom is -0.392 e. The van der Waals surface area contributed by atoms with E-state index in [0.29, 0.717) is 12.5 Å². The first-order valence-electron chi connectivity index (χ1n) is 7.70. The summed E-state index contributed by atoms with van der Waals surface area (Å²) in [6.45, 7) is 6.12. The topological polar surface area (TPSA) is 73.9 Å². The predicted octanol–water partition coefficient (Wildman–Crippen LogP) is 1.07. The van der Waals surface area contributed by atoms with Gasteiger partial charge >= 0.3 is 0 Å². The second-order valence-corrected chi connectivity index (χ2v) is 5.57. The van der Waals surface area contributed by atoms with Crippen LogP contribution in [0.3, 0.4) is 0 Å². The maximum atomic E-state index is 9.62. The minimum absolute atomic E-state index is 0.177. The molecule has 0 aliphatic carbocycles. The number of hydrogen-bond donors (Lipinski definition) is 3. The first-order valence-corrected chi connectivity index (χ1v) is 7.70. The number of nitrogens with zero attached hydrogens (tertiary/aromatic N) is 2. The molecule has 1 aliphatic heterocycles.